The molecule has 0 atom stereocenters. The lowest BCUT2D eigenvalue weighted by Gasteiger charge is -2.32. The van der Waals surface area contributed by atoms with Crippen LogP contribution in [0.2, 0.25) is 0 Å². The quantitative estimate of drug-likeness (QED) is 0.840. The third-order valence-electron chi connectivity index (χ3n) is 5.26. The van der Waals surface area contributed by atoms with E-state index in [-0.39, 0.29) is 0 Å². The molecule has 2 aromatic rings. The van der Waals surface area contributed by atoms with Crippen LogP contribution in [0.5, 0.6) is 5.75 Å². The topological polar surface area (TPSA) is 37.4 Å². The van der Waals surface area contributed by atoms with Gasteiger partial charge in [0.05, 0.1) is 0 Å². The molecule has 1 aliphatic heterocycles. The van der Waals surface area contributed by atoms with E-state index in [4.69, 9.17) is 4.74 Å². The van der Waals surface area contributed by atoms with Crippen molar-refractivity contribution in [3.63, 3.8) is 0 Å². The predicted molar refractivity (Wildman–Crippen MR) is 99.5 cm³/mol. The van der Waals surface area contributed by atoms with Gasteiger partial charge in [0.25, 0.3) is 0 Å². The molecule has 4 rings (SSSR count). The molecule has 1 aromatic carbocycles. The summed E-state index contributed by atoms with van der Waals surface area (Å²) in [7, 11) is 0. The third kappa shape index (κ3) is 4.59. The number of rotatable bonds is 7. The van der Waals surface area contributed by atoms with E-state index in [1.807, 2.05) is 24.4 Å². The van der Waals surface area contributed by atoms with Gasteiger partial charge in [-0.3, -0.25) is 4.98 Å². The van der Waals surface area contributed by atoms with Crippen LogP contribution < -0.4 is 10.1 Å². The van der Waals surface area contributed by atoms with Crippen molar-refractivity contribution in [3.8, 4) is 5.75 Å². The van der Waals surface area contributed by atoms with Crippen molar-refractivity contribution >= 4 is 0 Å². The molecule has 1 N–H and O–H groups in total. The van der Waals surface area contributed by atoms with E-state index in [9.17, 15) is 0 Å². The van der Waals surface area contributed by atoms with Gasteiger partial charge in [-0.05, 0) is 50.9 Å². The summed E-state index contributed by atoms with van der Waals surface area (Å²) in [5, 5.41) is 3.74. The molecule has 2 heterocycles. The van der Waals surface area contributed by atoms with Gasteiger partial charge in [-0.25, -0.2) is 0 Å². The Morgan fingerprint density at radius 3 is 2.64 bits per heavy atom. The Labute approximate surface area is 150 Å². The number of piperidine rings is 1. The van der Waals surface area contributed by atoms with E-state index >= 15 is 0 Å². The Bertz CT molecular complexity index is 664. The monoisotopic (exact) mass is 337 g/mol. The first-order valence-corrected chi connectivity index (χ1v) is 9.45. The van der Waals surface area contributed by atoms with Gasteiger partial charge >= 0.3 is 0 Å². The fourth-order valence-corrected chi connectivity index (χ4v) is 3.60. The van der Waals surface area contributed by atoms with Crippen molar-refractivity contribution in [1.82, 2.24) is 15.2 Å². The van der Waals surface area contributed by atoms with E-state index in [1.165, 1.54) is 44.3 Å². The summed E-state index contributed by atoms with van der Waals surface area (Å²) >= 11 is 0. The van der Waals surface area contributed by atoms with Crippen molar-refractivity contribution in [3.05, 3.63) is 59.9 Å². The second-order valence-electron chi connectivity index (χ2n) is 7.18. The van der Waals surface area contributed by atoms with Crippen molar-refractivity contribution in [2.24, 2.45) is 0 Å². The number of likely N-dealkylation sites (tertiary alicyclic amines) is 1. The first kappa shape index (κ1) is 16.6. The Kier molecular flexibility index (Phi) is 5.28. The molecule has 1 saturated heterocycles. The Balaban J connectivity index is 1.28. The highest BCUT2D eigenvalue weighted by Gasteiger charge is 2.31. The third-order valence-corrected chi connectivity index (χ3v) is 5.26. The average Bonchev–Trinajstić information content (AvgIpc) is 3.52. The highest BCUT2D eigenvalue weighted by molar-refractivity contribution is 5.33. The zero-order chi connectivity index (χ0) is 16.9. The lowest BCUT2D eigenvalue weighted by molar-refractivity contribution is 0.188. The van der Waals surface area contributed by atoms with E-state index in [1.54, 1.807) is 6.20 Å². The maximum Gasteiger partial charge on any atom is 0.124 e. The van der Waals surface area contributed by atoms with Crippen LogP contribution in [0.25, 0.3) is 0 Å². The summed E-state index contributed by atoms with van der Waals surface area (Å²) in [5.41, 5.74) is 2.33. The van der Waals surface area contributed by atoms with Crippen LogP contribution in [0.1, 0.15) is 36.8 Å². The molecule has 0 unspecified atom stereocenters. The zero-order valence-electron chi connectivity index (χ0n) is 14.7. The molecule has 4 heteroatoms. The molecule has 0 bridgehead atoms. The maximum absolute atomic E-state index is 6.03. The molecule has 0 amide bonds. The van der Waals surface area contributed by atoms with Crippen LogP contribution in [0.15, 0.2) is 48.8 Å². The zero-order valence-corrected chi connectivity index (χ0v) is 14.7. The van der Waals surface area contributed by atoms with E-state index in [0.29, 0.717) is 12.6 Å². The first-order chi connectivity index (χ1) is 12.4. The molecular weight excluding hydrogens is 310 g/mol. The van der Waals surface area contributed by atoms with Gasteiger partial charge in [-0.2, -0.15) is 0 Å². The second-order valence-corrected chi connectivity index (χ2v) is 7.18. The number of nitrogens with zero attached hydrogens (tertiary/aromatic N) is 2. The van der Waals surface area contributed by atoms with E-state index in [0.717, 1.165) is 23.9 Å². The molecule has 4 nitrogen and oxygen atoms in total. The Hall–Kier alpha value is -1.91. The molecular formula is C21H27N3O. The van der Waals surface area contributed by atoms with E-state index < -0.39 is 0 Å². The minimum Gasteiger partial charge on any atom is -0.489 e. The number of nitrogens with one attached hydrogen (secondary N) is 1. The van der Waals surface area contributed by atoms with Crippen LogP contribution in [0.3, 0.4) is 0 Å². The Morgan fingerprint density at radius 1 is 1.04 bits per heavy atom. The maximum atomic E-state index is 6.03. The fraction of sp³-hybridized carbons (Fsp3) is 0.476. The number of hydrogen-bond acceptors (Lipinski definition) is 4. The lowest BCUT2D eigenvalue weighted by Crippen LogP contribution is -2.43. The number of benzene rings is 1. The van der Waals surface area contributed by atoms with Gasteiger partial charge in [0.2, 0.25) is 0 Å². The highest BCUT2D eigenvalue weighted by Crippen LogP contribution is 2.29. The summed E-state index contributed by atoms with van der Waals surface area (Å²) in [5.74, 6) is 0.967. The molecule has 0 radical (unpaired) electrons. The van der Waals surface area contributed by atoms with Crippen molar-refractivity contribution in [2.45, 2.75) is 50.9 Å². The van der Waals surface area contributed by atoms with Crippen molar-refractivity contribution in [1.29, 1.82) is 0 Å². The Morgan fingerprint density at radius 2 is 1.88 bits per heavy atom. The SMILES string of the molecule is c1cncc(COc2ccccc2CNC2CCN(C3CC3)CC2)c1. The minimum absolute atomic E-state index is 0.560. The smallest absolute Gasteiger partial charge is 0.124 e. The average molecular weight is 337 g/mol. The summed E-state index contributed by atoms with van der Waals surface area (Å²) in [6.07, 6.45) is 8.99. The summed E-state index contributed by atoms with van der Waals surface area (Å²) in [6.45, 7) is 3.94. The number of para-hydroxylation sites is 1. The van der Waals surface area contributed by atoms with Gasteiger partial charge in [0.1, 0.15) is 12.4 Å². The number of ether oxygens (including phenoxy) is 1. The van der Waals surface area contributed by atoms with Crippen LogP contribution in [0.4, 0.5) is 0 Å². The fourth-order valence-electron chi connectivity index (χ4n) is 3.60. The largest absolute Gasteiger partial charge is 0.489 e. The van der Waals surface area contributed by atoms with Gasteiger partial charge < -0.3 is 15.0 Å². The molecule has 2 aliphatic rings. The molecule has 1 aromatic heterocycles. The second kappa shape index (κ2) is 7.98. The molecule has 132 valence electrons. The highest BCUT2D eigenvalue weighted by atomic mass is 16.5. The molecule has 0 spiro atoms. The normalized spacial score (nSPS) is 19.0. The molecule has 2 fully saturated rings. The number of aromatic nitrogens is 1. The van der Waals surface area contributed by atoms with Gasteiger partial charge in [0, 0.05) is 42.1 Å². The van der Waals surface area contributed by atoms with Crippen LogP contribution in [-0.2, 0) is 13.2 Å². The van der Waals surface area contributed by atoms with Crippen LogP contribution in [-0.4, -0.2) is 35.1 Å². The number of pyridine rings is 1. The molecule has 25 heavy (non-hydrogen) atoms. The van der Waals surface area contributed by atoms with Crippen molar-refractivity contribution < 1.29 is 4.74 Å². The molecule has 1 saturated carbocycles. The van der Waals surface area contributed by atoms with Gasteiger partial charge in [0.15, 0.2) is 0 Å². The molecule has 1 aliphatic carbocycles. The van der Waals surface area contributed by atoms with Gasteiger partial charge in [-0.15, -0.1) is 0 Å². The summed E-state index contributed by atoms with van der Waals surface area (Å²) in [6, 6.07) is 13.9. The van der Waals surface area contributed by atoms with Crippen molar-refractivity contribution in [2.75, 3.05) is 13.1 Å². The summed E-state index contributed by atoms with van der Waals surface area (Å²) < 4.78 is 6.03. The lowest BCUT2D eigenvalue weighted by atomic mass is 10.0. The minimum atomic E-state index is 0.560. The summed E-state index contributed by atoms with van der Waals surface area (Å²) in [4.78, 5) is 6.81. The first-order valence-electron chi connectivity index (χ1n) is 9.45. The van der Waals surface area contributed by atoms with E-state index in [2.05, 4.69) is 33.4 Å². The van der Waals surface area contributed by atoms with Crippen LogP contribution >= 0.6 is 0 Å². The number of hydrogen-bond donors (Lipinski definition) is 1. The standard InChI is InChI=1S/C21H27N3O/c1-2-6-21(25-16-17-4-3-11-22-14-17)18(5-1)15-23-19-9-12-24(13-10-19)20-7-8-20/h1-6,11,14,19-20,23H,7-10,12-13,15-16H2. The predicted octanol–water partition coefficient (Wildman–Crippen LogP) is 3.38. The van der Waals surface area contributed by atoms with Crippen LogP contribution in [0, 0.1) is 0 Å². The van der Waals surface area contributed by atoms with Gasteiger partial charge in [-0.1, -0.05) is 24.3 Å².